The molecule has 0 bridgehead atoms. The van der Waals surface area contributed by atoms with Gasteiger partial charge in [-0.25, -0.2) is 18.5 Å². The number of nitrogens with one attached hydrogen (secondary N) is 2. The molecule has 1 heterocycles. The van der Waals surface area contributed by atoms with Gasteiger partial charge in [-0.15, -0.1) is 0 Å². The molecule has 0 aliphatic carbocycles. The van der Waals surface area contributed by atoms with E-state index in [9.17, 15) is 8.42 Å². The molecule has 0 saturated carbocycles. The predicted molar refractivity (Wildman–Crippen MR) is 106 cm³/mol. The summed E-state index contributed by atoms with van der Waals surface area (Å²) in [6.07, 6.45) is 2.33. The third-order valence-corrected chi connectivity index (χ3v) is 4.83. The molecule has 0 fully saturated rings. The van der Waals surface area contributed by atoms with Gasteiger partial charge in [0.15, 0.2) is 0 Å². The first-order valence-corrected chi connectivity index (χ1v) is 9.94. The monoisotopic (exact) mass is 394 g/mol. The van der Waals surface area contributed by atoms with E-state index in [0.29, 0.717) is 30.3 Å². The highest BCUT2D eigenvalue weighted by molar-refractivity contribution is 7.89. The lowest BCUT2D eigenvalue weighted by molar-refractivity contribution is 0.598. The summed E-state index contributed by atoms with van der Waals surface area (Å²) in [6.45, 7) is 0.613. The lowest BCUT2D eigenvalue weighted by Crippen LogP contribution is -2.12. The van der Waals surface area contributed by atoms with Gasteiger partial charge in [0.1, 0.15) is 5.82 Å². The van der Waals surface area contributed by atoms with Crippen molar-refractivity contribution >= 4 is 27.5 Å². The maximum Gasteiger partial charge on any atom is 0.238 e. The van der Waals surface area contributed by atoms with Crippen LogP contribution in [0.5, 0.6) is 0 Å². The number of nitriles is 1. The van der Waals surface area contributed by atoms with E-state index in [4.69, 9.17) is 10.4 Å². The summed E-state index contributed by atoms with van der Waals surface area (Å²) < 4.78 is 22.5. The van der Waals surface area contributed by atoms with Crippen LogP contribution in [0.4, 0.5) is 17.5 Å². The summed E-state index contributed by atoms with van der Waals surface area (Å²) in [4.78, 5) is 8.67. The third kappa shape index (κ3) is 5.26. The average molecular weight is 394 g/mol. The fraction of sp³-hybridized carbons (Fsp3) is 0.105. The van der Waals surface area contributed by atoms with Crippen LogP contribution in [0.15, 0.2) is 65.7 Å². The fourth-order valence-electron chi connectivity index (χ4n) is 2.46. The van der Waals surface area contributed by atoms with Gasteiger partial charge in [-0.2, -0.15) is 10.2 Å². The molecular formula is C19H18N6O2S. The Morgan fingerprint density at radius 2 is 1.75 bits per heavy atom. The third-order valence-electron chi connectivity index (χ3n) is 3.90. The quantitative estimate of drug-likeness (QED) is 0.560. The Balaban J connectivity index is 1.56. The molecule has 0 atom stereocenters. The highest BCUT2D eigenvalue weighted by Crippen LogP contribution is 2.15. The van der Waals surface area contributed by atoms with E-state index in [1.165, 1.54) is 12.1 Å². The zero-order chi connectivity index (χ0) is 20.0. The molecule has 28 heavy (non-hydrogen) atoms. The Morgan fingerprint density at radius 1 is 1.04 bits per heavy atom. The number of aromatic nitrogens is 2. The van der Waals surface area contributed by atoms with Crippen LogP contribution in [0.3, 0.4) is 0 Å². The summed E-state index contributed by atoms with van der Waals surface area (Å²) in [5, 5.41) is 20.2. The van der Waals surface area contributed by atoms with Gasteiger partial charge in [-0.1, -0.05) is 12.1 Å². The van der Waals surface area contributed by atoms with E-state index in [-0.39, 0.29) is 4.90 Å². The van der Waals surface area contributed by atoms with Gasteiger partial charge in [-0.3, -0.25) is 0 Å². The highest BCUT2D eigenvalue weighted by atomic mass is 32.2. The summed E-state index contributed by atoms with van der Waals surface area (Å²) in [5.74, 6) is 1.10. The van der Waals surface area contributed by atoms with Crippen molar-refractivity contribution < 1.29 is 8.42 Å². The molecule has 0 saturated heterocycles. The Kier molecular flexibility index (Phi) is 5.84. The second-order valence-electron chi connectivity index (χ2n) is 5.95. The molecule has 4 N–H and O–H groups in total. The van der Waals surface area contributed by atoms with Crippen LogP contribution in [-0.2, 0) is 16.4 Å². The van der Waals surface area contributed by atoms with Crippen molar-refractivity contribution in [2.45, 2.75) is 11.3 Å². The van der Waals surface area contributed by atoms with Crippen molar-refractivity contribution in [2.75, 3.05) is 17.2 Å². The molecule has 2 aromatic carbocycles. The van der Waals surface area contributed by atoms with Crippen LogP contribution >= 0.6 is 0 Å². The number of rotatable bonds is 7. The number of hydrogen-bond acceptors (Lipinski definition) is 7. The van der Waals surface area contributed by atoms with Crippen LogP contribution in [0, 0.1) is 11.3 Å². The summed E-state index contributed by atoms with van der Waals surface area (Å²) in [6, 6.07) is 17.3. The topological polar surface area (TPSA) is 134 Å². The highest BCUT2D eigenvalue weighted by Gasteiger charge is 2.06. The largest absolute Gasteiger partial charge is 0.370 e. The normalized spacial score (nSPS) is 10.9. The molecule has 9 heteroatoms. The van der Waals surface area contributed by atoms with E-state index in [1.54, 1.807) is 48.7 Å². The summed E-state index contributed by atoms with van der Waals surface area (Å²) in [5.41, 5.74) is 2.34. The first-order chi connectivity index (χ1) is 13.4. The second-order valence-corrected chi connectivity index (χ2v) is 7.51. The Hall–Kier alpha value is -3.48. The SMILES string of the molecule is N#Cc1ccc(Nc2nccc(NCCc3ccc(S(N)(=O)=O)cc3)n2)cc1. The Bertz CT molecular complexity index is 1090. The van der Waals surface area contributed by atoms with Crippen molar-refractivity contribution in [3.8, 4) is 6.07 Å². The van der Waals surface area contributed by atoms with Crippen LogP contribution in [0.1, 0.15) is 11.1 Å². The number of hydrogen-bond donors (Lipinski definition) is 3. The maximum absolute atomic E-state index is 11.3. The molecule has 142 valence electrons. The summed E-state index contributed by atoms with van der Waals surface area (Å²) >= 11 is 0. The van der Waals surface area contributed by atoms with Crippen LogP contribution in [-0.4, -0.2) is 24.9 Å². The van der Waals surface area contributed by atoms with Crippen molar-refractivity contribution in [2.24, 2.45) is 5.14 Å². The van der Waals surface area contributed by atoms with E-state index in [0.717, 1.165) is 11.3 Å². The molecule has 8 nitrogen and oxygen atoms in total. The molecule has 1 aromatic heterocycles. The smallest absolute Gasteiger partial charge is 0.238 e. The molecule has 0 radical (unpaired) electrons. The van der Waals surface area contributed by atoms with Gasteiger partial charge in [0.05, 0.1) is 16.5 Å². The fourth-order valence-corrected chi connectivity index (χ4v) is 2.97. The lowest BCUT2D eigenvalue weighted by atomic mass is 10.1. The van der Waals surface area contributed by atoms with Gasteiger partial charge >= 0.3 is 0 Å². The van der Waals surface area contributed by atoms with Crippen LogP contribution in [0.25, 0.3) is 0 Å². The van der Waals surface area contributed by atoms with Crippen molar-refractivity contribution in [3.05, 3.63) is 71.9 Å². The molecule has 0 aliphatic heterocycles. The zero-order valence-electron chi connectivity index (χ0n) is 14.8. The number of benzene rings is 2. The summed E-state index contributed by atoms with van der Waals surface area (Å²) in [7, 11) is -3.67. The number of anilines is 3. The Labute approximate surface area is 163 Å². The van der Waals surface area contributed by atoms with E-state index in [2.05, 4.69) is 26.7 Å². The van der Waals surface area contributed by atoms with Crippen molar-refractivity contribution in [3.63, 3.8) is 0 Å². The minimum Gasteiger partial charge on any atom is -0.370 e. The average Bonchev–Trinajstić information content (AvgIpc) is 2.69. The van der Waals surface area contributed by atoms with Gasteiger partial charge in [0.25, 0.3) is 0 Å². The minimum atomic E-state index is -3.67. The standard InChI is InChI=1S/C19H18N6O2S/c20-13-15-1-5-16(6-2-15)24-19-23-12-10-18(25-19)22-11-9-14-3-7-17(8-4-14)28(21,26)27/h1-8,10,12H,9,11H2,(H2,21,26,27)(H2,22,23,24,25). The first-order valence-electron chi connectivity index (χ1n) is 8.40. The molecule has 3 aromatic rings. The molecular weight excluding hydrogens is 376 g/mol. The lowest BCUT2D eigenvalue weighted by Gasteiger charge is -2.09. The minimum absolute atomic E-state index is 0.0959. The molecule has 0 aliphatic rings. The molecule has 0 spiro atoms. The van der Waals surface area contributed by atoms with Gasteiger partial charge < -0.3 is 10.6 Å². The van der Waals surface area contributed by atoms with E-state index >= 15 is 0 Å². The van der Waals surface area contributed by atoms with Crippen molar-refractivity contribution in [1.29, 1.82) is 5.26 Å². The van der Waals surface area contributed by atoms with Gasteiger partial charge in [-0.05, 0) is 54.4 Å². The first kappa shape index (κ1) is 19.3. The number of sulfonamides is 1. The van der Waals surface area contributed by atoms with E-state index in [1.807, 2.05) is 0 Å². The van der Waals surface area contributed by atoms with E-state index < -0.39 is 10.0 Å². The molecule has 3 rings (SSSR count). The number of nitrogens with two attached hydrogens (primary N) is 1. The van der Waals surface area contributed by atoms with Crippen LogP contribution < -0.4 is 15.8 Å². The number of primary sulfonamides is 1. The Morgan fingerprint density at radius 3 is 2.39 bits per heavy atom. The second kappa shape index (κ2) is 8.47. The predicted octanol–water partition coefficient (Wildman–Crippen LogP) is 2.39. The van der Waals surface area contributed by atoms with Gasteiger partial charge in [0, 0.05) is 18.4 Å². The van der Waals surface area contributed by atoms with Gasteiger partial charge in [0.2, 0.25) is 16.0 Å². The maximum atomic E-state index is 11.3. The molecule has 0 unspecified atom stereocenters. The van der Waals surface area contributed by atoms with Crippen LogP contribution in [0.2, 0.25) is 0 Å². The van der Waals surface area contributed by atoms with Crippen molar-refractivity contribution in [1.82, 2.24) is 9.97 Å². The zero-order valence-corrected chi connectivity index (χ0v) is 15.6. The molecule has 0 amide bonds. The number of nitrogens with zero attached hydrogens (tertiary/aromatic N) is 3.